The Morgan fingerprint density at radius 2 is 1.68 bits per heavy atom. The Morgan fingerprint density at radius 3 is 2.44 bits per heavy atom. The van der Waals surface area contributed by atoms with E-state index in [2.05, 4.69) is 4.90 Å². The molecule has 2 aliphatic heterocycles. The van der Waals surface area contributed by atoms with Crippen molar-refractivity contribution in [1.29, 1.82) is 0 Å². The highest BCUT2D eigenvalue weighted by molar-refractivity contribution is 6.31. The van der Waals surface area contributed by atoms with E-state index in [9.17, 15) is 14.0 Å². The maximum absolute atomic E-state index is 13.9. The van der Waals surface area contributed by atoms with Crippen molar-refractivity contribution in [3.63, 3.8) is 0 Å². The third-order valence-corrected chi connectivity index (χ3v) is 5.09. The lowest BCUT2D eigenvalue weighted by atomic mass is 10.2. The predicted molar refractivity (Wildman–Crippen MR) is 94.2 cm³/mol. The van der Waals surface area contributed by atoms with Gasteiger partial charge in [-0.1, -0.05) is 11.6 Å². The number of nitrogens with zero attached hydrogens (tertiary/aromatic N) is 3. The van der Waals surface area contributed by atoms with E-state index < -0.39 is 5.82 Å². The zero-order valence-electron chi connectivity index (χ0n) is 14.2. The standard InChI is InChI=1S/C18H23ClFN3O2/c19-14-4-5-16(20)15(12-14)18(25)23-9-3-6-21(10-11-23)13-17(24)22-7-1-2-8-22/h4-5,12H,1-3,6-11,13H2. The highest BCUT2D eigenvalue weighted by atomic mass is 35.5. The van der Waals surface area contributed by atoms with Gasteiger partial charge in [0.25, 0.3) is 5.91 Å². The predicted octanol–water partition coefficient (Wildman–Crippen LogP) is 2.25. The van der Waals surface area contributed by atoms with Crippen LogP contribution in [0.15, 0.2) is 18.2 Å². The van der Waals surface area contributed by atoms with E-state index in [4.69, 9.17) is 11.6 Å². The van der Waals surface area contributed by atoms with Crippen LogP contribution in [0.2, 0.25) is 5.02 Å². The summed E-state index contributed by atoms with van der Waals surface area (Å²) in [5.41, 5.74) is 0.00842. The Kier molecular flexibility index (Phi) is 5.91. The van der Waals surface area contributed by atoms with Crippen LogP contribution in [0.1, 0.15) is 29.6 Å². The monoisotopic (exact) mass is 367 g/mol. The molecule has 2 heterocycles. The zero-order valence-corrected chi connectivity index (χ0v) is 15.0. The number of carbonyl (C=O) groups is 2. The molecule has 2 amide bonds. The Labute approximate surface area is 152 Å². The van der Waals surface area contributed by atoms with Gasteiger partial charge in [0.05, 0.1) is 12.1 Å². The van der Waals surface area contributed by atoms with Gasteiger partial charge in [-0.25, -0.2) is 4.39 Å². The van der Waals surface area contributed by atoms with Gasteiger partial charge in [0.15, 0.2) is 0 Å². The summed E-state index contributed by atoms with van der Waals surface area (Å²) in [6.45, 7) is 4.52. The highest BCUT2D eigenvalue weighted by Gasteiger charge is 2.25. The number of amides is 2. The molecule has 2 aliphatic rings. The zero-order chi connectivity index (χ0) is 17.8. The second-order valence-electron chi connectivity index (χ2n) is 6.63. The Hall–Kier alpha value is -1.66. The lowest BCUT2D eigenvalue weighted by molar-refractivity contribution is -0.131. The Morgan fingerprint density at radius 1 is 0.960 bits per heavy atom. The minimum Gasteiger partial charge on any atom is -0.342 e. The molecule has 0 spiro atoms. The van der Waals surface area contributed by atoms with Gasteiger partial charge in [0.2, 0.25) is 5.91 Å². The highest BCUT2D eigenvalue weighted by Crippen LogP contribution is 2.18. The van der Waals surface area contributed by atoms with Gasteiger partial charge in [0.1, 0.15) is 5.82 Å². The normalized spacial score (nSPS) is 19.1. The molecule has 0 atom stereocenters. The molecule has 2 fully saturated rings. The quantitative estimate of drug-likeness (QED) is 0.823. The van der Waals surface area contributed by atoms with E-state index in [-0.39, 0.29) is 17.4 Å². The first-order valence-electron chi connectivity index (χ1n) is 8.79. The molecule has 136 valence electrons. The Bertz CT molecular complexity index is 649. The van der Waals surface area contributed by atoms with Crippen LogP contribution in [0.4, 0.5) is 4.39 Å². The molecule has 0 aliphatic carbocycles. The minimum atomic E-state index is -0.556. The summed E-state index contributed by atoms with van der Waals surface area (Å²) in [7, 11) is 0. The van der Waals surface area contributed by atoms with Crippen LogP contribution < -0.4 is 0 Å². The molecule has 0 aromatic heterocycles. The number of hydrogen-bond acceptors (Lipinski definition) is 3. The first-order chi connectivity index (χ1) is 12.0. The minimum absolute atomic E-state index is 0.00842. The molecule has 2 saturated heterocycles. The topological polar surface area (TPSA) is 43.9 Å². The number of carbonyl (C=O) groups excluding carboxylic acids is 2. The third-order valence-electron chi connectivity index (χ3n) is 4.85. The van der Waals surface area contributed by atoms with Crippen LogP contribution in [0.25, 0.3) is 0 Å². The summed E-state index contributed by atoms with van der Waals surface area (Å²) in [6, 6.07) is 4.02. The van der Waals surface area contributed by atoms with E-state index in [1.54, 1.807) is 4.90 Å². The SMILES string of the molecule is O=C(CN1CCCN(C(=O)c2cc(Cl)ccc2F)CC1)N1CCCC1. The lowest BCUT2D eigenvalue weighted by Gasteiger charge is -2.24. The summed E-state index contributed by atoms with van der Waals surface area (Å²) in [5.74, 6) is -0.731. The van der Waals surface area contributed by atoms with Gasteiger partial charge in [-0.05, 0) is 37.5 Å². The van der Waals surface area contributed by atoms with Gasteiger partial charge in [-0.3, -0.25) is 14.5 Å². The first-order valence-corrected chi connectivity index (χ1v) is 9.17. The van der Waals surface area contributed by atoms with Crippen molar-refractivity contribution >= 4 is 23.4 Å². The van der Waals surface area contributed by atoms with Crippen molar-refractivity contribution in [2.45, 2.75) is 19.3 Å². The maximum Gasteiger partial charge on any atom is 0.256 e. The van der Waals surface area contributed by atoms with E-state index in [1.807, 2.05) is 4.90 Å². The fourth-order valence-corrected chi connectivity index (χ4v) is 3.59. The molecule has 0 radical (unpaired) electrons. The van der Waals surface area contributed by atoms with Crippen LogP contribution in [-0.2, 0) is 4.79 Å². The van der Waals surface area contributed by atoms with Crippen LogP contribution in [0.5, 0.6) is 0 Å². The number of rotatable bonds is 3. The van der Waals surface area contributed by atoms with Crippen LogP contribution in [0, 0.1) is 5.82 Å². The van der Waals surface area contributed by atoms with Crippen molar-refractivity contribution < 1.29 is 14.0 Å². The van der Waals surface area contributed by atoms with Crippen molar-refractivity contribution in [2.24, 2.45) is 0 Å². The molecule has 7 heteroatoms. The molecule has 0 unspecified atom stereocenters. The molecule has 0 bridgehead atoms. The molecule has 1 aromatic rings. The third kappa shape index (κ3) is 4.50. The van der Waals surface area contributed by atoms with E-state index in [0.29, 0.717) is 31.2 Å². The second-order valence-corrected chi connectivity index (χ2v) is 7.07. The fourth-order valence-electron chi connectivity index (χ4n) is 3.42. The largest absolute Gasteiger partial charge is 0.342 e. The van der Waals surface area contributed by atoms with Crippen molar-refractivity contribution in [2.75, 3.05) is 45.8 Å². The summed E-state index contributed by atoms with van der Waals surface area (Å²) >= 11 is 5.89. The average molecular weight is 368 g/mol. The molecule has 1 aromatic carbocycles. The van der Waals surface area contributed by atoms with Gasteiger partial charge < -0.3 is 9.80 Å². The van der Waals surface area contributed by atoms with Gasteiger partial charge in [-0.15, -0.1) is 0 Å². The molecule has 0 saturated carbocycles. The number of benzene rings is 1. The maximum atomic E-state index is 13.9. The van der Waals surface area contributed by atoms with E-state index >= 15 is 0 Å². The van der Waals surface area contributed by atoms with E-state index in [1.165, 1.54) is 18.2 Å². The van der Waals surface area contributed by atoms with Gasteiger partial charge >= 0.3 is 0 Å². The van der Waals surface area contributed by atoms with Crippen LogP contribution in [0.3, 0.4) is 0 Å². The van der Waals surface area contributed by atoms with Crippen molar-refractivity contribution in [3.8, 4) is 0 Å². The molecule has 5 nitrogen and oxygen atoms in total. The van der Waals surface area contributed by atoms with Crippen molar-refractivity contribution in [3.05, 3.63) is 34.6 Å². The fraction of sp³-hybridized carbons (Fsp3) is 0.556. The van der Waals surface area contributed by atoms with Gasteiger partial charge in [-0.2, -0.15) is 0 Å². The molecular weight excluding hydrogens is 345 g/mol. The smallest absolute Gasteiger partial charge is 0.256 e. The summed E-state index contributed by atoms with van der Waals surface area (Å²) in [4.78, 5) is 30.5. The number of likely N-dealkylation sites (tertiary alicyclic amines) is 1. The number of halogens is 2. The Balaban J connectivity index is 1.58. The lowest BCUT2D eigenvalue weighted by Crippen LogP contribution is -2.41. The van der Waals surface area contributed by atoms with Crippen LogP contribution in [-0.4, -0.2) is 72.3 Å². The summed E-state index contributed by atoms with van der Waals surface area (Å²) in [5, 5.41) is 0.345. The molecule has 3 rings (SSSR count). The van der Waals surface area contributed by atoms with Crippen LogP contribution >= 0.6 is 11.6 Å². The molecular formula is C18H23ClFN3O2. The summed E-state index contributed by atoms with van der Waals surface area (Å²) < 4.78 is 13.9. The van der Waals surface area contributed by atoms with Crippen molar-refractivity contribution in [1.82, 2.24) is 14.7 Å². The second kappa shape index (κ2) is 8.15. The summed E-state index contributed by atoms with van der Waals surface area (Å²) in [6.07, 6.45) is 2.93. The number of hydrogen-bond donors (Lipinski definition) is 0. The molecule has 25 heavy (non-hydrogen) atoms. The average Bonchev–Trinajstić information content (AvgIpc) is 3.04. The molecule has 0 N–H and O–H groups in total. The van der Waals surface area contributed by atoms with Gasteiger partial charge in [0, 0.05) is 44.3 Å². The van der Waals surface area contributed by atoms with E-state index in [0.717, 1.165) is 38.9 Å². The first kappa shape index (κ1) is 18.1.